The van der Waals surface area contributed by atoms with Crippen LogP contribution in [0.4, 0.5) is 0 Å². The minimum atomic E-state index is -0.101. The van der Waals surface area contributed by atoms with Crippen LogP contribution in [-0.2, 0) is 11.2 Å². The van der Waals surface area contributed by atoms with Crippen molar-refractivity contribution in [2.24, 2.45) is 0 Å². The molecule has 1 aromatic heterocycles. The lowest BCUT2D eigenvalue weighted by Gasteiger charge is -2.14. The first kappa shape index (κ1) is 11.0. The molecule has 1 aromatic rings. The number of carbonyl (C=O) groups excluding carboxylic acids is 1. The van der Waals surface area contributed by atoms with E-state index >= 15 is 0 Å². The van der Waals surface area contributed by atoms with E-state index in [1.54, 1.807) is 6.26 Å². The Morgan fingerprint density at radius 2 is 2.36 bits per heavy atom. The number of Topliss-reactive ketones (excluding diaryl/α,β-unsaturated/α-hetero) is 1. The second-order valence-electron chi connectivity index (χ2n) is 3.21. The number of furan rings is 1. The van der Waals surface area contributed by atoms with Crippen molar-refractivity contribution in [2.45, 2.75) is 32.7 Å². The van der Waals surface area contributed by atoms with Gasteiger partial charge in [0.2, 0.25) is 0 Å². The summed E-state index contributed by atoms with van der Waals surface area (Å²) in [6, 6.07) is 3.64. The van der Waals surface area contributed by atoms with Crippen LogP contribution in [0.25, 0.3) is 0 Å². The van der Waals surface area contributed by atoms with Gasteiger partial charge in [0.1, 0.15) is 11.5 Å². The second kappa shape index (κ2) is 5.60. The molecular weight excluding hydrogens is 178 g/mol. The summed E-state index contributed by atoms with van der Waals surface area (Å²) in [4.78, 5) is 11.5. The quantitative estimate of drug-likeness (QED) is 0.752. The molecule has 0 aliphatic rings. The van der Waals surface area contributed by atoms with E-state index in [9.17, 15) is 4.79 Å². The van der Waals surface area contributed by atoms with Crippen molar-refractivity contribution in [1.82, 2.24) is 5.32 Å². The van der Waals surface area contributed by atoms with Crippen molar-refractivity contribution in [3.05, 3.63) is 24.2 Å². The average Bonchev–Trinajstić information content (AvgIpc) is 2.68. The number of nitrogens with one attached hydrogen (secondary N) is 1. The first-order valence-electron chi connectivity index (χ1n) is 5.06. The molecule has 0 spiro atoms. The van der Waals surface area contributed by atoms with E-state index in [4.69, 9.17) is 4.42 Å². The lowest BCUT2D eigenvalue weighted by molar-refractivity contribution is -0.120. The highest BCUT2D eigenvalue weighted by atomic mass is 16.3. The second-order valence-corrected chi connectivity index (χ2v) is 3.21. The molecule has 1 rings (SSSR count). The highest BCUT2D eigenvalue weighted by molar-refractivity contribution is 5.83. The summed E-state index contributed by atoms with van der Waals surface area (Å²) in [5.74, 6) is 1.10. The fourth-order valence-electron chi connectivity index (χ4n) is 1.42. The maximum atomic E-state index is 11.5. The van der Waals surface area contributed by atoms with E-state index in [0.29, 0.717) is 12.8 Å². The van der Waals surface area contributed by atoms with Gasteiger partial charge in [-0.1, -0.05) is 13.8 Å². The van der Waals surface area contributed by atoms with E-state index in [-0.39, 0.29) is 11.8 Å². The van der Waals surface area contributed by atoms with Crippen molar-refractivity contribution in [2.75, 3.05) is 6.54 Å². The number of carbonyl (C=O) groups is 1. The standard InChI is InChI=1S/C11H17NO2/c1-3-11(13)10(12-4-2)8-9-6-5-7-14-9/h5-7,10,12H,3-4,8H2,1-2H3. The zero-order valence-corrected chi connectivity index (χ0v) is 8.75. The molecule has 0 aromatic carbocycles. The van der Waals surface area contributed by atoms with E-state index in [2.05, 4.69) is 5.32 Å². The predicted molar refractivity (Wildman–Crippen MR) is 55.2 cm³/mol. The van der Waals surface area contributed by atoms with Crippen LogP contribution < -0.4 is 5.32 Å². The van der Waals surface area contributed by atoms with E-state index in [1.165, 1.54) is 0 Å². The third kappa shape index (κ3) is 3.00. The number of hydrogen-bond acceptors (Lipinski definition) is 3. The molecule has 0 amide bonds. The first-order chi connectivity index (χ1) is 6.77. The van der Waals surface area contributed by atoms with Crippen molar-refractivity contribution < 1.29 is 9.21 Å². The summed E-state index contributed by atoms with van der Waals surface area (Å²) in [7, 11) is 0. The van der Waals surface area contributed by atoms with Crippen LogP contribution in [0, 0.1) is 0 Å². The summed E-state index contributed by atoms with van der Waals surface area (Å²) < 4.78 is 5.21. The van der Waals surface area contributed by atoms with Crippen molar-refractivity contribution >= 4 is 5.78 Å². The van der Waals surface area contributed by atoms with Gasteiger partial charge in [0.05, 0.1) is 12.3 Å². The molecule has 0 saturated carbocycles. The highest BCUT2D eigenvalue weighted by Crippen LogP contribution is 2.06. The largest absolute Gasteiger partial charge is 0.469 e. The maximum Gasteiger partial charge on any atom is 0.149 e. The zero-order chi connectivity index (χ0) is 10.4. The van der Waals surface area contributed by atoms with Gasteiger partial charge in [-0.25, -0.2) is 0 Å². The first-order valence-corrected chi connectivity index (χ1v) is 5.06. The summed E-state index contributed by atoms with van der Waals surface area (Å²) in [6.45, 7) is 4.68. The minimum Gasteiger partial charge on any atom is -0.469 e. The minimum absolute atomic E-state index is 0.101. The highest BCUT2D eigenvalue weighted by Gasteiger charge is 2.16. The SMILES string of the molecule is CCNC(Cc1ccco1)C(=O)CC. The summed E-state index contributed by atoms with van der Waals surface area (Å²) in [5.41, 5.74) is 0. The smallest absolute Gasteiger partial charge is 0.149 e. The van der Waals surface area contributed by atoms with Gasteiger partial charge in [0.25, 0.3) is 0 Å². The zero-order valence-electron chi connectivity index (χ0n) is 8.75. The molecule has 0 saturated heterocycles. The number of hydrogen-bond donors (Lipinski definition) is 1. The molecule has 0 aliphatic heterocycles. The van der Waals surface area contributed by atoms with Gasteiger partial charge in [-0.2, -0.15) is 0 Å². The Morgan fingerprint density at radius 3 is 2.86 bits per heavy atom. The molecule has 3 heteroatoms. The van der Waals surface area contributed by atoms with E-state index in [1.807, 2.05) is 26.0 Å². The molecule has 1 unspecified atom stereocenters. The Morgan fingerprint density at radius 1 is 1.57 bits per heavy atom. The summed E-state index contributed by atoms with van der Waals surface area (Å²) in [6.07, 6.45) is 2.85. The normalized spacial score (nSPS) is 12.7. The number of ketones is 1. The van der Waals surface area contributed by atoms with Crippen LogP contribution in [0.5, 0.6) is 0 Å². The molecule has 0 radical (unpaired) electrons. The maximum absolute atomic E-state index is 11.5. The van der Waals surface area contributed by atoms with Crippen molar-refractivity contribution in [3.8, 4) is 0 Å². The lowest BCUT2D eigenvalue weighted by Crippen LogP contribution is -2.38. The number of likely N-dealkylation sites (N-methyl/N-ethyl adjacent to an activating group) is 1. The molecule has 1 atom stereocenters. The van der Waals surface area contributed by atoms with Gasteiger partial charge in [-0.15, -0.1) is 0 Å². The molecule has 0 bridgehead atoms. The monoisotopic (exact) mass is 195 g/mol. The fraction of sp³-hybridized carbons (Fsp3) is 0.545. The van der Waals surface area contributed by atoms with Gasteiger partial charge < -0.3 is 9.73 Å². The summed E-state index contributed by atoms with van der Waals surface area (Å²) >= 11 is 0. The van der Waals surface area contributed by atoms with Crippen LogP contribution in [-0.4, -0.2) is 18.4 Å². The van der Waals surface area contributed by atoms with Crippen molar-refractivity contribution in [3.63, 3.8) is 0 Å². The molecule has 14 heavy (non-hydrogen) atoms. The van der Waals surface area contributed by atoms with E-state index < -0.39 is 0 Å². The van der Waals surface area contributed by atoms with Gasteiger partial charge >= 0.3 is 0 Å². The fourth-order valence-corrected chi connectivity index (χ4v) is 1.42. The van der Waals surface area contributed by atoms with Gasteiger partial charge in [0, 0.05) is 12.8 Å². The molecule has 0 fully saturated rings. The van der Waals surface area contributed by atoms with Crippen LogP contribution >= 0.6 is 0 Å². The molecule has 1 heterocycles. The topological polar surface area (TPSA) is 42.2 Å². The van der Waals surface area contributed by atoms with Gasteiger partial charge in [-0.3, -0.25) is 4.79 Å². The molecule has 0 aliphatic carbocycles. The van der Waals surface area contributed by atoms with Crippen LogP contribution in [0.3, 0.4) is 0 Å². The average molecular weight is 195 g/mol. The molecular formula is C11H17NO2. The Hall–Kier alpha value is -1.09. The third-order valence-electron chi connectivity index (χ3n) is 2.17. The predicted octanol–water partition coefficient (Wildman–Crippen LogP) is 1.78. The van der Waals surface area contributed by atoms with Crippen molar-refractivity contribution in [1.29, 1.82) is 0 Å². The van der Waals surface area contributed by atoms with Crippen LogP contribution in [0.1, 0.15) is 26.0 Å². The van der Waals surface area contributed by atoms with Crippen LogP contribution in [0.15, 0.2) is 22.8 Å². The third-order valence-corrected chi connectivity index (χ3v) is 2.17. The van der Waals surface area contributed by atoms with Crippen LogP contribution in [0.2, 0.25) is 0 Å². The Labute approximate surface area is 84.5 Å². The van der Waals surface area contributed by atoms with Gasteiger partial charge in [0.15, 0.2) is 0 Å². The molecule has 3 nitrogen and oxygen atoms in total. The Balaban J connectivity index is 2.55. The summed E-state index contributed by atoms with van der Waals surface area (Å²) in [5, 5.41) is 3.16. The lowest BCUT2D eigenvalue weighted by atomic mass is 10.1. The van der Waals surface area contributed by atoms with Gasteiger partial charge in [-0.05, 0) is 18.7 Å². The molecule has 1 N–H and O–H groups in total. The van der Waals surface area contributed by atoms with E-state index in [0.717, 1.165) is 12.3 Å². The molecule has 78 valence electrons. The number of rotatable bonds is 6. The Kier molecular flexibility index (Phi) is 4.40. The Bertz CT molecular complexity index is 267.